The molecule has 0 radical (unpaired) electrons. The van der Waals surface area contributed by atoms with Gasteiger partial charge in [0.2, 0.25) is 5.91 Å². The lowest BCUT2D eigenvalue weighted by atomic mass is 10.1. The second-order valence-corrected chi connectivity index (χ2v) is 5.67. The number of carbonyl (C=O) groups excluding carboxylic acids is 2. The first-order valence-corrected chi connectivity index (χ1v) is 7.79. The highest BCUT2D eigenvalue weighted by molar-refractivity contribution is 6.04. The summed E-state index contributed by atoms with van der Waals surface area (Å²) in [6, 6.07) is 12.6. The van der Waals surface area contributed by atoms with Crippen molar-refractivity contribution in [3.63, 3.8) is 0 Å². The molecule has 0 saturated carbocycles. The topological polar surface area (TPSA) is 62.3 Å². The molecule has 3 rings (SSSR count). The standard InChI is InChI=1S/C18H19N3O2/c1-13-5-4-6-16(19-13)20-18(23)14-8-10-15(11-9-14)21-12-3-2-7-17(21)22/h4-6,8-11H,2-3,7,12H2,1H3,(H,19,20,23). The zero-order chi connectivity index (χ0) is 16.2. The fourth-order valence-corrected chi connectivity index (χ4v) is 2.67. The van der Waals surface area contributed by atoms with Crippen molar-refractivity contribution in [1.82, 2.24) is 4.98 Å². The van der Waals surface area contributed by atoms with Crippen LogP contribution < -0.4 is 10.2 Å². The zero-order valence-corrected chi connectivity index (χ0v) is 13.1. The van der Waals surface area contributed by atoms with E-state index in [1.54, 1.807) is 23.1 Å². The molecule has 1 aliphatic rings. The highest BCUT2D eigenvalue weighted by Gasteiger charge is 2.19. The Morgan fingerprint density at radius 3 is 2.61 bits per heavy atom. The molecule has 0 aliphatic carbocycles. The van der Waals surface area contributed by atoms with Crippen molar-refractivity contribution in [3.05, 3.63) is 53.7 Å². The molecule has 118 valence electrons. The minimum Gasteiger partial charge on any atom is -0.312 e. The second-order valence-electron chi connectivity index (χ2n) is 5.67. The summed E-state index contributed by atoms with van der Waals surface area (Å²) in [6.45, 7) is 2.62. The van der Waals surface area contributed by atoms with Crippen LogP contribution in [-0.2, 0) is 4.79 Å². The summed E-state index contributed by atoms with van der Waals surface area (Å²) in [5.41, 5.74) is 2.24. The van der Waals surface area contributed by atoms with Crippen LogP contribution in [0.1, 0.15) is 35.3 Å². The quantitative estimate of drug-likeness (QED) is 0.947. The fraction of sp³-hybridized carbons (Fsp3) is 0.278. The van der Waals surface area contributed by atoms with Gasteiger partial charge in [0.05, 0.1) is 0 Å². The first-order valence-electron chi connectivity index (χ1n) is 7.79. The molecule has 0 spiro atoms. The average Bonchev–Trinajstić information content (AvgIpc) is 2.55. The molecule has 1 aromatic carbocycles. The van der Waals surface area contributed by atoms with Crippen molar-refractivity contribution in [2.45, 2.75) is 26.2 Å². The Hall–Kier alpha value is -2.69. The number of hydrogen-bond acceptors (Lipinski definition) is 3. The van der Waals surface area contributed by atoms with Gasteiger partial charge in [-0.15, -0.1) is 0 Å². The summed E-state index contributed by atoms with van der Waals surface area (Å²) in [6.07, 6.45) is 2.58. The molecular weight excluding hydrogens is 290 g/mol. The summed E-state index contributed by atoms with van der Waals surface area (Å²) in [4.78, 5) is 30.2. The van der Waals surface area contributed by atoms with Crippen molar-refractivity contribution >= 4 is 23.3 Å². The summed E-state index contributed by atoms with van der Waals surface area (Å²) < 4.78 is 0. The molecule has 0 bridgehead atoms. The Labute approximate surface area is 135 Å². The molecule has 5 nitrogen and oxygen atoms in total. The van der Waals surface area contributed by atoms with Crippen LogP contribution in [0, 0.1) is 6.92 Å². The van der Waals surface area contributed by atoms with Gasteiger partial charge < -0.3 is 10.2 Å². The monoisotopic (exact) mass is 309 g/mol. The van der Waals surface area contributed by atoms with Gasteiger partial charge in [-0.2, -0.15) is 0 Å². The Bertz CT molecular complexity index is 725. The van der Waals surface area contributed by atoms with E-state index in [-0.39, 0.29) is 11.8 Å². The Morgan fingerprint density at radius 1 is 1.13 bits per heavy atom. The third-order valence-corrected chi connectivity index (χ3v) is 3.89. The number of nitrogens with zero attached hydrogens (tertiary/aromatic N) is 2. The third-order valence-electron chi connectivity index (χ3n) is 3.89. The molecule has 5 heteroatoms. The number of amides is 2. The minimum atomic E-state index is -0.209. The maximum absolute atomic E-state index is 12.2. The molecule has 1 N–H and O–H groups in total. The Morgan fingerprint density at radius 2 is 1.91 bits per heavy atom. The largest absolute Gasteiger partial charge is 0.312 e. The van der Waals surface area contributed by atoms with E-state index in [1.807, 2.05) is 31.2 Å². The van der Waals surface area contributed by atoms with E-state index in [0.717, 1.165) is 30.8 Å². The van der Waals surface area contributed by atoms with Gasteiger partial charge >= 0.3 is 0 Å². The van der Waals surface area contributed by atoms with Crippen LogP contribution in [0.5, 0.6) is 0 Å². The number of rotatable bonds is 3. The van der Waals surface area contributed by atoms with Crippen molar-refractivity contribution in [2.24, 2.45) is 0 Å². The molecule has 1 saturated heterocycles. The lowest BCUT2D eigenvalue weighted by Gasteiger charge is -2.26. The number of nitrogens with one attached hydrogen (secondary N) is 1. The van der Waals surface area contributed by atoms with Crippen molar-refractivity contribution in [1.29, 1.82) is 0 Å². The average molecular weight is 309 g/mol. The number of piperidine rings is 1. The number of carbonyl (C=O) groups is 2. The van der Waals surface area contributed by atoms with Gasteiger partial charge in [-0.1, -0.05) is 6.07 Å². The molecule has 1 aliphatic heterocycles. The molecule has 2 heterocycles. The first-order chi connectivity index (χ1) is 11.1. The smallest absolute Gasteiger partial charge is 0.256 e. The number of benzene rings is 1. The number of aryl methyl sites for hydroxylation is 1. The van der Waals surface area contributed by atoms with E-state index in [1.165, 1.54) is 0 Å². The van der Waals surface area contributed by atoms with Crippen LogP contribution in [0.15, 0.2) is 42.5 Å². The van der Waals surface area contributed by atoms with Crippen LogP contribution in [-0.4, -0.2) is 23.3 Å². The van der Waals surface area contributed by atoms with E-state index < -0.39 is 0 Å². The minimum absolute atomic E-state index is 0.150. The van der Waals surface area contributed by atoms with E-state index in [2.05, 4.69) is 10.3 Å². The lowest BCUT2D eigenvalue weighted by Crippen LogP contribution is -2.35. The van der Waals surface area contributed by atoms with E-state index in [9.17, 15) is 9.59 Å². The predicted octanol–water partition coefficient (Wildman–Crippen LogP) is 3.16. The van der Waals surface area contributed by atoms with E-state index in [0.29, 0.717) is 17.8 Å². The molecule has 1 fully saturated rings. The maximum atomic E-state index is 12.2. The van der Waals surface area contributed by atoms with Gasteiger partial charge in [0, 0.05) is 29.9 Å². The maximum Gasteiger partial charge on any atom is 0.256 e. The van der Waals surface area contributed by atoms with E-state index >= 15 is 0 Å². The van der Waals surface area contributed by atoms with Gasteiger partial charge in [0.25, 0.3) is 5.91 Å². The van der Waals surface area contributed by atoms with Crippen LogP contribution in [0.2, 0.25) is 0 Å². The SMILES string of the molecule is Cc1cccc(NC(=O)c2ccc(N3CCCCC3=O)cc2)n1. The normalized spacial score (nSPS) is 14.7. The van der Waals surface area contributed by atoms with Crippen LogP contribution in [0.4, 0.5) is 11.5 Å². The first kappa shape index (κ1) is 15.2. The van der Waals surface area contributed by atoms with Crippen molar-refractivity contribution in [2.75, 3.05) is 16.8 Å². The highest BCUT2D eigenvalue weighted by Crippen LogP contribution is 2.21. The van der Waals surface area contributed by atoms with Gasteiger partial charge in [-0.05, 0) is 56.2 Å². The molecule has 23 heavy (non-hydrogen) atoms. The Kier molecular flexibility index (Phi) is 4.37. The van der Waals surface area contributed by atoms with Crippen LogP contribution in [0.25, 0.3) is 0 Å². The van der Waals surface area contributed by atoms with E-state index in [4.69, 9.17) is 0 Å². The van der Waals surface area contributed by atoms with Gasteiger partial charge in [-0.3, -0.25) is 9.59 Å². The summed E-state index contributed by atoms with van der Waals surface area (Å²) in [7, 11) is 0. The summed E-state index contributed by atoms with van der Waals surface area (Å²) in [5, 5.41) is 2.78. The van der Waals surface area contributed by atoms with Gasteiger partial charge in [-0.25, -0.2) is 4.98 Å². The van der Waals surface area contributed by atoms with Crippen molar-refractivity contribution < 1.29 is 9.59 Å². The second kappa shape index (κ2) is 6.60. The van der Waals surface area contributed by atoms with Crippen molar-refractivity contribution in [3.8, 4) is 0 Å². The number of hydrogen-bond donors (Lipinski definition) is 1. The summed E-state index contributed by atoms with van der Waals surface area (Å²) >= 11 is 0. The van der Waals surface area contributed by atoms with Gasteiger partial charge in [0.15, 0.2) is 0 Å². The predicted molar refractivity (Wildman–Crippen MR) is 89.6 cm³/mol. The molecule has 0 unspecified atom stereocenters. The molecule has 2 aromatic rings. The zero-order valence-electron chi connectivity index (χ0n) is 13.1. The van der Waals surface area contributed by atoms with Crippen LogP contribution >= 0.6 is 0 Å². The van der Waals surface area contributed by atoms with Crippen LogP contribution in [0.3, 0.4) is 0 Å². The lowest BCUT2D eigenvalue weighted by molar-refractivity contribution is -0.119. The fourth-order valence-electron chi connectivity index (χ4n) is 2.67. The van der Waals surface area contributed by atoms with Gasteiger partial charge in [0.1, 0.15) is 5.82 Å². The molecule has 0 atom stereocenters. The number of aromatic nitrogens is 1. The third kappa shape index (κ3) is 3.56. The number of anilines is 2. The molecule has 1 aromatic heterocycles. The molecule has 2 amide bonds. The summed E-state index contributed by atoms with van der Waals surface area (Å²) in [5.74, 6) is 0.474. The highest BCUT2D eigenvalue weighted by atomic mass is 16.2. The molecular formula is C18H19N3O2. The Balaban J connectivity index is 1.71. The number of pyridine rings is 1.